The van der Waals surface area contributed by atoms with Gasteiger partial charge in [-0.2, -0.15) is 5.10 Å². The van der Waals surface area contributed by atoms with E-state index in [1.807, 2.05) is 48.9 Å². The van der Waals surface area contributed by atoms with Crippen LogP contribution in [-0.4, -0.2) is 27.2 Å². The van der Waals surface area contributed by atoms with Crippen LogP contribution in [0.15, 0.2) is 42.7 Å². The minimum Gasteiger partial charge on any atom is -0.308 e. The third-order valence-electron chi connectivity index (χ3n) is 4.23. The fraction of sp³-hybridized carbons (Fsp3) is 0.350. The first-order valence-electron chi connectivity index (χ1n) is 8.70. The van der Waals surface area contributed by atoms with Crippen molar-refractivity contribution in [1.29, 1.82) is 0 Å². The van der Waals surface area contributed by atoms with Gasteiger partial charge in [-0.3, -0.25) is 4.79 Å². The topological polar surface area (TPSA) is 51.0 Å². The van der Waals surface area contributed by atoms with Crippen molar-refractivity contribution in [1.82, 2.24) is 14.8 Å². The highest BCUT2D eigenvalue weighted by Crippen LogP contribution is 2.22. The van der Waals surface area contributed by atoms with E-state index in [-0.39, 0.29) is 5.91 Å². The first-order chi connectivity index (χ1) is 12.0. The Morgan fingerprint density at radius 1 is 1.24 bits per heavy atom. The van der Waals surface area contributed by atoms with Gasteiger partial charge in [0.2, 0.25) is 0 Å². The van der Waals surface area contributed by atoms with E-state index in [4.69, 9.17) is 0 Å². The van der Waals surface area contributed by atoms with Gasteiger partial charge < -0.3 is 4.90 Å². The van der Waals surface area contributed by atoms with Crippen LogP contribution < -0.4 is 4.90 Å². The minimum absolute atomic E-state index is 0.0391. The lowest BCUT2D eigenvalue weighted by molar-refractivity contribution is 0.0988. The van der Waals surface area contributed by atoms with Crippen LogP contribution in [0.1, 0.15) is 36.7 Å². The second kappa shape index (κ2) is 7.05. The van der Waals surface area contributed by atoms with Crippen LogP contribution >= 0.6 is 0 Å². The normalized spacial score (nSPS) is 11.2. The van der Waals surface area contributed by atoms with Crippen molar-refractivity contribution in [3.63, 3.8) is 0 Å². The molecule has 130 valence electrons. The standard InChI is InChI=1S/C20H24N4O/c1-5-23(18-9-7-6-8-15(18)4)20(25)17-10-16-12-22-24(13-14(2)3)19(16)21-11-17/h6-12,14H,5,13H2,1-4H3. The number of anilines is 1. The molecule has 0 fully saturated rings. The van der Waals surface area contributed by atoms with Crippen molar-refractivity contribution < 1.29 is 4.79 Å². The molecule has 0 radical (unpaired) electrons. The number of para-hydroxylation sites is 1. The lowest BCUT2D eigenvalue weighted by Crippen LogP contribution is -2.31. The van der Waals surface area contributed by atoms with E-state index in [0.29, 0.717) is 18.0 Å². The third-order valence-corrected chi connectivity index (χ3v) is 4.23. The average Bonchev–Trinajstić information content (AvgIpc) is 2.98. The second-order valence-electron chi connectivity index (χ2n) is 6.69. The van der Waals surface area contributed by atoms with Crippen LogP contribution in [0.4, 0.5) is 5.69 Å². The van der Waals surface area contributed by atoms with E-state index in [2.05, 4.69) is 23.9 Å². The van der Waals surface area contributed by atoms with E-state index in [1.54, 1.807) is 17.3 Å². The lowest BCUT2D eigenvalue weighted by Gasteiger charge is -2.23. The maximum absolute atomic E-state index is 13.0. The fourth-order valence-corrected chi connectivity index (χ4v) is 3.01. The number of pyridine rings is 1. The summed E-state index contributed by atoms with van der Waals surface area (Å²) in [6, 6.07) is 9.81. The van der Waals surface area contributed by atoms with Crippen LogP contribution in [0.25, 0.3) is 11.0 Å². The van der Waals surface area contributed by atoms with Gasteiger partial charge in [-0.15, -0.1) is 0 Å². The van der Waals surface area contributed by atoms with Gasteiger partial charge in [-0.05, 0) is 37.5 Å². The molecule has 5 heteroatoms. The van der Waals surface area contributed by atoms with Crippen LogP contribution in [-0.2, 0) is 6.54 Å². The van der Waals surface area contributed by atoms with Crippen molar-refractivity contribution >= 4 is 22.6 Å². The number of amides is 1. The number of nitrogens with zero attached hydrogens (tertiary/aromatic N) is 4. The Morgan fingerprint density at radius 2 is 2.00 bits per heavy atom. The highest BCUT2D eigenvalue weighted by Gasteiger charge is 2.19. The largest absolute Gasteiger partial charge is 0.308 e. The summed E-state index contributed by atoms with van der Waals surface area (Å²) in [6.07, 6.45) is 3.44. The molecule has 0 aliphatic heterocycles. The first-order valence-corrected chi connectivity index (χ1v) is 8.70. The number of benzene rings is 1. The van der Waals surface area contributed by atoms with Crippen LogP contribution in [0.3, 0.4) is 0 Å². The molecule has 2 aromatic heterocycles. The van der Waals surface area contributed by atoms with Gasteiger partial charge in [0.25, 0.3) is 5.91 Å². The van der Waals surface area contributed by atoms with Crippen molar-refractivity contribution in [3.05, 3.63) is 53.9 Å². The average molecular weight is 336 g/mol. The minimum atomic E-state index is -0.0391. The quantitative estimate of drug-likeness (QED) is 0.706. The summed E-state index contributed by atoms with van der Waals surface area (Å²) < 4.78 is 1.90. The molecule has 0 saturated carbocycles. The molecule has 5 nitrogen and oxygen atoms in total. The maximum Gasteiger partial charge on any atom is 0.259 e. The summed E-state index contributed by atoms with van der Waals surface area (Å²) in [5.74, 6) is 0.450. The number of aromatic nitrogens is 3. The zero-order valence-electron chi connectivity index (χ0n) is 15.2. The summed E-state index contributed by atoms with van der Waals surface area (Å²) >= 11 is 0. The van der Waals surface area contributed by atoms with Gasteiger partial charge in [0.1, 0.15) is 0 Å². The summed E-state index contributed by atoms with van der Waals surface area (Å²) in [5.41, 5.74) is 3.42. The van der Waals surface area contributed by atoms with E-state index < -0.39 is 0 Å². The molecule has 1 amide bonds. The van der Waals surface area contributed by atoms with Crippen molar-refractivity contribution in [2.24, 2.45) is 5.92 Å². The number of hydrogen-bond donors (Lipinski definition) is 0. The van der Waals surface area contributed by atoms with Gasteiger partial charge in [0.15, 0.2) is 5.65 Å². The predicted octanol–water partition coefficient (Wildman–Crippen LogP) is 4.06. The number of hydrogen-bond acceptors (Lipinski definition) is 3. The van der Waals surface area contributed by atoms with Crippen LogP contribution in [0.2, 0.25) is 0 Å². The van der Waals surface area contributed by atoms with Gasteiger partial charge >= 0.3 is 0 Å². The number of fused-ring (bicyclic) bond motifs is 1. The number of rotatable bonds is 5. The second-order valence-corrected chi connectivity index (χ2v) is 6.69. The molecule has 1 aromatic carbocycles. The maximum atomic E-state index is 13.0. The van der Waals surface area contributed by atoms with E-state index in [0.717, 1.165) is 28.8 Å². The van der Waals surface area contributed by atoms with Gasteiger partial charge in [-0.1, -0.05) is 32.0 Å². The molecule has 3 rings (SSSR count). The highest BCUT2D eigenvalue weighted by molar-refractivity contribution is 6.07. The molecular weight excluding hydrogens is 312 g/mol. The smallest absolute Gasteiger partial charge is 0.259 e. The van der Waals surface area contributed by atoms with E-state index in [1.165, 1.54) is 0 Å². The molecule has 0 bridgehead atoms. The molecule has 0 atom stereocenters. The fourth-order valence-electron chi connectivity index (χ4n) is 3.01. The Kier molecular flexibility index (Phi) is 4.83. The molecule has 0 saturated heterocycles. The molecular formula is C20H24N4O. The highest BCUT2D eigenvalue weighted by atomic mass is 16.2. The lowest BCUT2D eigenvalue weighted by atomic mass is 10.1. The molecule has 0 unspecified atom stereocenters. The monoisotopic (exact) mass is 336 g/mol. The van der Waals surface area contributed by atoms with Crippen LogP contribution in [0, 0.1) is 12.8 Å². The zero-order valence-corrected chi connectivity index (χ0v) is 15.2. The predicted molar refractivity (Wildman–Crippen MR) is 101 cm³/mol. The Labute approximate surface area is 148 Å². The summed E-state index contributed by atoms with van der Waals surface area (Å²) in [6.45, 7) is 9.71. The molecule has 3 aromatic rings. The Hall–Kier alpha value is -2.69. The van der Waals surface area contributed by atoms with E-state index in [9.17, 15) is 4.79 Å². The molecule has 0 N–H and O–H groups in total. The number of carbonyl (C=O) groups is 1. The zero-order chi connectivity index (χ0) is 18.0. The number of aryl methyl sites for hydroxylation is 1. The first kappa shape index (κ1) is 17.1. The Bertz CT molecular complexity index is 898. The summed E-state index contributed by atoms with van der Waals surface area (Å²) in [5, 5.41) is 5.30. The molecule has 25 heavy (non-hydrogen) atoms. The van der Waals surface area contributed by atoms with Crippen molar-refractivity contribution in [3.8, 4) is 0 Å². The third kappa shape index (κ3) is 3.40. The SMILES string of the molecule is CCN(C(=O)c1cnc2c(cnn2CC(C)C)c1)c1ccccc1C. The van der Waals surface area contributed by atoms with E-state index >= 15 is 0 Å². The van der Waals surface area contributed by atoms with Crippen molar-refractivity contribution in [2.45, 2.75) is 34.2 Å². The summed E-state index contributed by atoms with van der Waals surface area (Å²) in [7, 11) is 0. The van der Waals surface area contributed by atoms with Gasteiger partial charge in [0.05, 0.1) is 11.8 Å². The van der Waals surface area contributed by atoms with Crippen molar-refractivity contribution in [2.75, 3.05) is 11.4 Å². The Morgan fingerprint density at radius 3 is 2.68 bits per heavy atom. The molecule has 0 aliphatic carbocycles. The summed E-state index contributed by atoms with van der Waals surface area (Å²) in [4.78, 5) is 19.3. The van der Waals surface area contributed by atoms with Crippen LogP contribution in [0.5, 0.6) is 0 Å². The van der Waals surface area contributed by atoms with Gasteiger partial charge in [0, 0.05) is 30.4 Å². The Balaban J connectivity index is 1.95. The van der Waals surface area contributed by atoms with Gasteiger partial charge in [-0.25, -0.2) is 9.67 Å². The molecule has 0 spiro atoms. The number of carbonyl (C=O) groups excluding carboxylic acids is 1. The molecule has 0 aliphatic rings. The molecule has 2 heterocycles.